The summed E-state index contributed by atoms with van der Waals surface area (Å²) in [5.41, 5.74) is 0.446. The number of nitro groups is 1. The molecule has 3 heterocycles. The van der Waals surface area contributed by atoms with Crippen molar-refractivity contribution in [2.24, 2.45) is 0 Å². The van der Waals surface area contributed by atoms with Crippen LogP contribution >= 0.6 is 0 Å². The number of halogens is 1. The van der Waals surface area contributed by atoms with Gasteiger partial charge in [0.05, 0.1) is 30.9 Å². The number of cyclic esters (lactones) is 1. The highest BCUT2D eigenvalue weighted by molar-refractivity contribution is 5.90. The summed E-state index contributed by atoms with van der Waals surface area (Å²) in [5.74, 6) is 4.25. The number of carbonyl (C=O) groups excluding carboxylic acids is 2. The second-order valence-electron chi connectivity index (χ2n) is 7.55. The molecule has 1 aromatic carbocycles. The average Bonchev–Trinajstić information content (AvgIpc) is 3.39. The number of imidazole rings is 1. The van der Waals surface area contributed by atoms with Crippen molar-refractivity contribution in [3.8, 4) is 17.9 Å². The number of nitrogens with zero attached hydrogens (tertiary/aromatic N) is 4. The molecule has 0 aliphatic carbocycles. The smallest absolute Gasteiger partial charge is 0.414 e. The first-order valence-corrected chi connectivity index (χ1v) is 10.3. The largest absolute Gasteiger partial charge is 0.443 e. The molecule has 2 aliphatic rings. The second-order valence-corrected chi connectivity index (χ2v) is 7.55. The maximum Gasteiger partial charge on any atom is 0.414 e. The van der Waals surface area contributed by atoms with Crippen LogP contribution in [0.1, 0.15) is 12.5 Å². The fourth-order valence-corrected chi connectivity index (χ4v) is 3.42. The van der Waals surface area contributed by atoms with Gasteiger partial charge in [-0.1, -0.05) is 11.8 Å². The van der Waals surface area contributed by atoms with Crippen LogP contribution in [0, 0.1) is 27.8 Å². The lowest BCUT2D eigenvalue weighted by atomic mass is 10.2. The molecule has 2 atom stereocenters. The zero-order valence-corrected chi connectivity index (χ0v) is 18.0. The van der Waals surface area contributed by atoms with Crippen molar-refractivity contribution >= 4 is 23.5 Å². The van der Waals surface area contributed by atoms with Crippen LogP contribution in [0.25, 0.3) is 0 Å². The average molecular weight is 473 g/mol. The number of benzene rings is 1. The molecule has 0 saturated carbocycles. The van der Waals surface area contributed by atoms with Crippen molar-refractivity contribution in [2.45, 2.75) is 25.7 Å². The number of anilines is 1. The Bertz CT molecular complexity index is 1190. The highest BCUT2D eigenvalue weighted by Gasteiger charge is 2.32. The lowest BCUT2D eigenvalue weighted by Gasteiger charge is -2.21. The van der Waals surface area contributed by atoms with Gasteiger partial charge in [-0.2, -0.15) is 0 Å². The minimum atomic E-state index is -0.622. The number of rotatable bonds is 6. The molecular formula is C21H20FN5O7. The van der Waals surface area contributed by atoms with E-state index in [1.165, 1.54) is 34.7 Å². The number of amides is 2. The quantitative estimate of drug-likeness (QED) is 0.376. The molecule has 0 radical (unpaired) electrons. The summed E-state index contributed by atoms with van der Waals surface area (Å²) in [7, 11) is 0. The number of hydrogen-bond donors (Lipinski definition) is 1. The summed E-state index contributed by atoms with van der Waals surface area (Å²) in [4.78, 5) is 38.3. The van der Waals surface area contributed by atoms with Crippen molar-refractivity contribution < 1.29 is 33.1 Å². The summed E-state index contributed by atoms with van der Waals surface area (Å²) in [6, 6.07) is 4.35. The minimum absolute atomic E-state index is 0.00930. The summed E-state index contributed by atoms with van der Waals surface area (Å²) in [6.07, 6.45) is -0.270. The van der Waals surface area contributed by atoms with Crippen LogP contribution in [0.2, 0.25) is 0 Å². The number of hydrogen-bond acceptors (Lipinski definition) is 8. The fourth-order valence-electron chi connectivity index (χ4n) is 3.42. The molecule has 1 N–H and O–H groups in total. The summed E-state index contributed by atoms with van der Waals surface area (Å²) in [5, 5.41) is 13.4. The molecule has 1 fully saturated rings. The number of ether oxygens (including phenoxy) is 3. The van der Waals surface area contributed by atoms with E-state index in [0.29, 0.717) is 12.2 Å². The van der Waals surface area contributed by atoms with Gasteiger partial charge in [-0.15, -0.1) is 0 Å². The highest BCUT2D eigenvalue weighted by Crippen LogP contribution is 2.24. The van der Waals surface area contributed by atoms with Crippen LogP contribution in [0.3, 0.4) is 0 Å². The van der Waals surface area contributed by atoms with Gasteiger partial charge in [-0.3, -0.25) is 14.3 Å². The number of nitrogens with one attached hydrogen (secondary N) is 1. The fraction of sp³-hybridized carbons (Fsp3) is 0.381. The summed E-state index contributed by atoms with van der Waals surface area (Å²) >= 11 is 0. The van der Waals surface area contributed by atoms with Gasteiger partial charge in [0, 0.05) is 11.9 Å². The predicted molar refractivity (Wildman–Crippen MR) is 114 cm³/mol. The van der Waals surface area contributed by atoms with Gasteiger partial charge in [-0.05, 0) is 23.1 Å². The third kappa shape index (κ3) is 5.24. The van der Waals surface area contributed by atoms with E-state index >= 15 is 0 Å². The highest BCUT2D eigenvalue weighted by atomic mass is 19.1. The normalized spacial score (nSPS) is 18.9. The molecule has 2 unspecified atom stereocenters. The Balaban J connectivity index is 1.31. The van der Waals surface area contributed by atoms with E-state index in [0.717, 1.165) is 0 Å². The summed E-state index contributed by atoms with van der Waals surface area (Å²) in [6.45, 7) is 2.19. The van der Waals surface area contributed by atoms with Crippen LogP contribution in [0.4, 0.5) is 20.7 Å². The van der Waals surface area contributed by atoms with Crippen molar-refractivity contribution in [1.29, 1.82) is 0 Å². The van der Waals surface area contributed by atoms with Gasteiger partial charge in [0.25, 0.3) is 0 Å². The second kappa shape index (κ2) is 9.75. The molecule has 34 heavy (non-hydrogen) atoms. The van der Waals surface area contributed by atoms with Gasteiger partial charge < -0.3 is 29.6 Å². The maximum absolute atomic E-state index is 14.5. The first-order chi connectivity index (χ1) is 16.3. The number of aromatic nitrogens is 2. The van der Waals surface area contributed by atoms with Crippen LogP contribution < -0.4 is 15.0 Å². The van der Waals surface area contributed by atoms with Crippen molar-refractivity contribution in [3.05, 3.63) is 45.9 Å². The van der Waals surface area contributed by atoms with Crippen LogP contribution in [0.5, 0.6) is 6.01 Å². The molecule has 13 heteroatoms. The van der Waals surface area contributed by atoms with Crippen LogP contribution in [-0.2, 0) is 20.8 Å². The molecule has 2 aromatic rings. The first kappa shape index (κ1) is 23.0. The van der Waals surface area contributed by atoms with Gasteiger partial charge in [0.15, 0.2) is 0 Å². The Morgan fingerprint density at radius 1 is 1.44 bits per heavy atom. The third-order valence-electron chi connectivity index (χ3n) is 5.04. The van der Waals surface area contributed by atoms with Crippen molar-refractivity contribution in [2.75, 3.05) is 31.2 Å². The molecule has 178 valence electrons. The molecule has 4 rings (SSSR count). The first-order valence-electron chi connectivity index (χ1n) is 10.3. The SMILES string of the molecule is CC(=O)NCC1CN(c2ccc(C#CCOC3COc4nc([N+](=O)[O-])cn4C3)c(F)c2)C(=O)O1. The van der Waals surface area contributed by atoms with Crippen LogP contribution in [0.15, 0.2) is 24.4 Å². The minimum Gasteiger partial charge on any atom is -0.443 e. The van der Waals surface area contributed by atoms with E-state index in [1.54, 1.807) is 6.07 Å². The van der Waals surface area contributed by atoms with Crippen LogP contribution in [-0.4, -0.2) is 65.0 Å². The summed E-state index contributed by atoms with van der Waals surface area (Å²) < 4.78 is 32.2. The Hall–Kier alpha value is -4.18. The Labute approximate surface area is 192 Å². The molecule has 1 saturated heterocycles. The van der Waals surface area contributed by atoms with Crippen molar-refractivity contribution in [1.82, 2.24) is 14.9 Å². The van der Waals surface area contributed by atoms with E-state index < -0.39 is 29.0 Å². The third-order valence-corrected chi connectivity index (χ3v) is 5.04. The van der Waals surface area contributed by atoms with E-state index in [9.17, 15) is 24.1 Å². The van der Waals surface area contributed by atoms with Gasteiger partial charge >= 0.3 is 17.9 Å². The molecule has 0 spiro atoms. The molecular weight excluding hydrogens is 453 g/mol. The lowest BCUT2D eigenvalue weighted by molar-refractivity contribution is -0.389. The standard InChI is InChI=1S/C21H20FN5O7/c1-13(28)23-8-16-10-26(21(29)34-16)15-5-4-14(18(22)7-15)3-2-6-32-17-9-25-11-19(27(30)31)24-20(25)33-12-17/h4-5,7,11,16-17H,6,8-10,12H2,1H3,(H,23,28). The lowest BCUT2D eigenvalue weighted by Crippen LogP contribution is -2.33. The zero-order valence-electron chi connectivity index (χ0n) is 18.0. The molecule has 1 aromatic heterocycles. The van der Waals surface area contributed by atoms with E-state index in [1.807, 2.05) is 0 Å². The number of carbonyl (C=O) groups is 2. The van der Waals surface area contributed by atoms with E-state index in [4.69, 9.17) is 14.2 Å². The maximum atomic E-state index is 14.5. The topological polar surface area (TPSA) is 138 Å². The van der Waals surface area contributed by atoms with E-state index in [-0.39, 0.29) is 49.6 Å². The van der Waals surface area contributed by atoms with E-state index in [2.05, 4.69) is 22.1 Å². The zero-order chi connectivity index (χ0) is 24.2. The van der Waals surface area contributed by atoms with Gasteiger partial charge in [0.2, 0.25) is 5.91 Å². The number of fused-ring (bicyclic) bond motifs is 1. The Kier molecular flexibility index (Phi) is 6.60. The predicted octanol–water partition coefficient (Wildman–Crippen LogP) is 1.22. The Morgan fingerprint density at radius 2 is 2.26 bits per heavy atom. The van der Waals surface area contributed by atoms with Gasteiger partial charge in [0.1, 0.15) is 37.4 Å². The molecule has 12 nitrogen and oxygen atoms in total. The monoisotopic (exact) mass is 473 g/mol. The van der Waals surface area contributed by atoms with Gasteiger partial charge in [-0.25, -0.2) is 9.18 Å². The molecule has 0 bridgehead atoms. The molecule has 2 amide bonds. The van der Waals surface area contributed by atoms with Crippen molar-refractivity contribution in [3.63, 3.8) is 0 Å². The Morgan fingerprint density at radius 3 is 3.00 bits per heavy atom. The molecule has 2 aliphatic heterocycles.